The number of hydrogen-bond donors (Lipinski definition) is 1. The maximum absolute atomic E-state index is 12.8. The zero-order chi connectivity index (χ0) is 10.7. The van der Waals surface area contributed by atoms with Gasteiger partial charge in [0, 0.05) is 6.07 Å². The molecule has 0 aliphatic carbocycles. The summed E-state index contributed by atoms with van der Waals surface area (Å²) in [4.78, 5) is 10.9. The second kappa shape index (κ2) is 4.05. The van der Waals surface area contributed by atoms with E-state index in [0.29, 0.717) is 11.1 Å². The maximum atomic E-state index is 12.8. The highest BCUT2D eigenvalue weighted by atomic mass is 19.1. The lowest BCUT2D eigenvalue weighted by atomic mass is 10.1. The van der Waals surface area contributed by atoms with Gasteiger partial charge in [-0.15, -0.1) is 0 Å². The van der Waals surface area contributed by atoms with E-state index in [1.54, 1.807) is 6.92 Å². The molecule has 0 aliphatic rings. The number of Topliss-reactive ketones (excluding diaryl/α,β-unsaturated/α-hetero) is 1. The Hall–Kier alpha value is -1.64. The van der Waals surface area contributed by atoms with E-state index in [2.05, 4.69) is 0 Å². The maximum Gasteiger partial charge on any atom is 0.155 e. The summed E-state index contributed by atoms with van der Waals surface area (Å²) >= 11 is 0. The summed E-state index contributed by atoms with van der Waals surface area (Å²) < 4.78 is 12.8. The predicted molar refractivity (Wildman–Crippen MR) is 52.4 cm³/mol. The first kappa shape index (κ1) is 10.4. The third-order valence-electron chi connectivity index (χ3n) is 1.84. The fourth-order valence-electron chi connectivity index (χ4n) is 1.03. The Kier molecular flexibility index (Phi) is 3.02. The first-order chi connectivity index (χ1) is 6.49. The number of phenols is 1. The molecule has 0 unspecified atom stereocenters. The summed E-state index contributed by atoms with van der Waals surface area (Å²) in [5.41, 5.74) is 1.00. The molecule has 1 N–H and O–H groups in total. The fraction of sp³-hybridized carbons (Fsp3) is 0.182. The minimum absolute atomic E-state index is 0.0752. The molecule has 0 saturated heterocycles. The summed E-state index contributed by atoms with van der Waals surface area (Å²) in [5, 5.41) is 9.09. The van der Waals surface area contributed by atoms with Crippen LogP contribution in [-0.4, -0.2) is 10.9 Å². The first-order valence-electron chi connectivity index (χ1n) is 4.18. The lowest BCUT2D eigenvalue weighted by molar-refractivity contribution is -0.113. The van der Waals surface area contributed by atoms with Crippen LogP contribution in [0.2, 0.25) is 0 Å². The molecule has 0 amide bonds. The van der Waals surface area contributed by atoms with Gasteiger partial charge < -0.3 is 5.11 Å². The van der Waals surface area contributed by atoms with Gasteiger partial charge in [0.2, 0.25) is 0 Å². The van der Waals surface area contributed by atoms with E-state index in [0.717, 1.165) is 6.07 Å². The SMILES string of the molecule is CC(=O)/C(C)=C/c1cc(O)cc(F)c1. The van der Waals surface area contributed by atoms with E-state index in [-0.39, 0.29) is 11.5 Å². The first-order valence-corrected chi connectivity index (χ1v) is 4.18. The number of hydrogen-bond acceptors (Lipinski definition) is 2. The molecule has 74 valence electrons. The van der Waals surface area contributed by atoms with Crippen molar-refractivity contribution in [2.45, 2.75) is 13.8 Å². The van der Waals surface area contributed by atoms with Crippen molar-refractivity contribution in [1.82, 2.24) is 0 Å². The smallest absolute Gasteiger partial charge is 0.155 e. The lowest BCUT2D eigenvalue weighted by Gasteiger charge is -1.98. The number of allylic oxidation sites excluding steroid dienone is 1. The fourth-order valence-corrected chi connectivity index (χ4v) is 1.03. The summed E-state index contributed by atoms with van der Waals surface area (Å²) in [6, 6.07) is 3.67. The van der Waals surface area contributed by atoms with Crippen LogP contribution >= 0.6 is 0 Å². The predicted octanol–water partition coefficient (Wildman–Crippen LogP) is 2.52. The Balaban J connectivity index is 3.08. The average molecular weight is 194 g/mol. The van der Waals surface area contributed by atoms with Crippen molar-refractivity contribution in [2.75, 3.05) is 0 Å². The summed E-state index contributed by atoms with van der Waals surface area (Å²) in [7, 11) is 0. The number of halogens is 1. The highest BCUT2D eigenvalue weighted by Crippen LogP contribution is 2.17. The number of rotatable bonds is 2. The number of phenolic OH excluding ortho intramolecular Hbond substituents is 1. The molecule has 1 aromatic rings. The van der Waals surface area contributed by atoms with Crippen LogP contribution in [0.3, 0.4) is 0 Å². The van der Waals surface area contributed by atoms with Crippen LogP contribution in [-0.2, 0) is 4.79 Å². The topological polar surface area (TPSA) is 37.3 Å². The van der Waals surface area contributed by atoms with E-state index < -0.39 is 5.82 Å². The highest BCUT2D eigenvalue weighted by molar-refractivity contribution is 5.97. The third-order valence-corrected chi connectivity index (χ3v) is 1.84. The quantitative estimate of drug-likeness (QED) is 0.734. The monoisotopic (exact) mass is 194 g/mol. The van der Waals surface area contributed by atoms with Crippen LogP contribution in [0.25, 0.3) is 6.08 Å². The number of benzene rings is 1. The molecule has 0 saturated carbocycles. The molecule has 0 heterocycles. The van der Waals surface area contributed by atoms with Gasteiger partial charge in [-0.25, -0.2) is 4.39 Å². The minimum atomic E-state index is -0.521. The van der Waals surface area contributed by atoms with Crippen LogP contribution in [0.1, 0.15) is 19.4 Å². The molecule has 0 aromatic heterocycles. The molecule has 0 bridgehead atoms. The number of ketones is 1. The van der Waals surface area contributed by atoms with Crippen LogP contribution in [0.15, 0.2) is 23.8 Å². The normalized spacial score (nSPS) is 11.5. The number of carbonyl (C=O) groups excluding carboxylic acids is 1. The standard InChI is InChI=1S/C11H11FO2/c1-7(8(2)13)3-9-4-10(12)6-11(14)5-9/h3-6,14H,1-2H3/b7-3+. The number of carbonyl (C=O) groups is 1. The van der Waals surface area contributed by atoms with Crippen LogP contribution in [0.5, 0.6) is 5.75 Å². The van der Waals surface area contributed by atoms with E-state index in [1.807, 2.05) is 0 Å². The molecule has 1 aromatic carbocycles. The van der Waals surface area contributed by atoms with Gasteiger partial charge in [-0.05, 0) is 43.2 Å². The van der Waals surface area contributed by atoms with Crippen LogP contribution < -0.4 is 0 Å². The molecule has 0 fully saturated rings. The molecular formula is C11H11FO2. The van der Waals surface area contributed by atoms with Gasteiger partial charge in [0.1, 0.15) is 11.6 Å². The second-order valence-electron chi connectivity index (χ2n) is 3.13. The Morgan fingerprint density at radius 3 is 2.50 bits per heavy atom. The lowest BCUT2D eigenvalue weighted by Crippen LogP contribution is -1.90. The van der Waals surface area contributed by atoms with Crippen molar-refractivity contribution in [1.29, 1.82) is 0 Å². The Morgan fingerprint density at radius 1 is 1.36 bits per heavy atom. The molecule has 1 rings (SSSR count). The van der Waals surface area contributed by atoms with Gasteiger partial charge in [-0.3, -0.25) is 4.79 Å². The van der Waals surface area contributed by atoms with Gasteiger partial charge >= 0.3 is 0 Å². The van der Waals surface area contributed by atoms with Crippen molar-refractivity contribution >= 4 is 11.9 Å². The van der Waals surface area contributed by atoms with Gasteiger partial charge in [0.15, 0.2) is 5.78 Å². The van der Waals surface area contributed by atoms with Gasteiger partial charge in [0.25, 0.3) is 0 Å². The van der Waals surface area contributed by atoms with Crippen LogP contribution in [0.4, 0.5) is 4.39 Å². The molecule has 0 spiro atoms. The molecule has 3 heteroatoms. The second-order valence-corrected chi connectivity index (χ2v) is 3.13. The Bertz CT molecular complexity index is 374. The van der Waals surface area contributed by atoms with Gasteiger partial charge in [-0.2, -0.15) is 0 Å². The zero-order valence-electron chi connectivity index (χ0n) is 8.04. The van der Waals surface area contributed by atoms with Crippen molar-refractivity contribution in [2.24, 2.45) is 0 Å². The van der Waals surface area contributed by atoms with Crippen molar-refractivity contribution in [3.8, 4) is 5.75 Å². The van der Waals surface area contributed by atoms with E-state index in [4.69, 9.17) is 5.11 Å². The summed E-state index contributed by atoms with van der Waals surface area (Å²) in [5.74, 6) is -0.742. The molecular weight excluding hydrogens is 183 g/mol. The van der Waals surface area contributed by atoms with Crippen LogP contribution in [0, 0.1) is 5.82 Å². The third kappa shape index (κ3) is 2.69. The van der Waals surface area contributed by atoms with E-state index in [9.17, 15) is 9.18 Å². The molecule has 0 aliphatic heterocycles. The van der Waals surface area contributed by atoms with Gasteiger partial charge in [-0.1, -0.05) is 0 Å². The molecule has 2 nitrogen and oxygen atoms in total. The van der Waals surface area contributed by atoms with Crippen molar-refractivity contribution in [3.05, 3.63) is 35.2 Å². The zero-order valence-corrected chi connectivity index (χ0v) is 8.04. The minimum Gasteiger partial charge on any atom is -0.508 e. The average Bonchev–Trinajstić information content (AvgIpc) is 2.01. The molecule has 0 radical (unpaired) electrons. The van der Waals surface area contributed by atoms with E-state index >= 15 is 0 Å². The molecule has 0 atom stereocenters. The Morgan fingerprint density at radius 2 is 2.00 bits per heavy atom. The molecule has 14 heavy (non-hydrogen) atoms. The van der Waals surface area contributed by atoms with Crippen molar-refractivity contribution in [3.63, 3.8) is 0 Å². The van der Waals surface area contributed by atoms with Crippen molar-refractivity contribution < 1.29 is 14.3 Å². The summed E-state index contributed by atoms with van der Waals surface area (Å²) in [6.07, 6.45) is 1.53. The van der Waals surface area contributed by atoms with E-state index in [1.165, 1.54) is 25.1 Å². The Labute approximate surface area is 81.7 Å². The highest BCUT2D eigenvalue weighted by Gasteiger charge is 2.00. The summed E-state index contributed by atoms with van der Waals surface area (Å²) in [6.45, 7) is 3.08. The largest absolute Gasteiger partial charge is 0.508 e. The van der Waals surface area contributed by atoms with Gasteiger partial charge in [0.05, 0.1) is 0 Å². The number of aromatic hydroxyl groups is 1.